The molecule has 4 heterocycles. The summed E-state index contributed by atoms with van der Waals surface area (Å²) in [4.78, 5) is 31.0. The van der Waals surface area contributed by atoms with E-state index in [0.29, 0.717) is 12.5 Å². The summed E-state index contributed by atoms with van der Waals surface area (Å²) in [6, 6.07) is 0. The van der Waals surface area contributed by atoms with Crippen molar-refractivity contribution in [1.29, 1.82) is 0 Å². The second kappa shape index (κ2) is 6.62. The van der Waals surface area contributed by atoms with Crippen molar-refractivity contribution in [1.82, 2.24) is 30.0 Å². The lowest BCUT2D eigenvalue weighted by molar-refractivity contribution is 0.0709. The van der Waals surface area contributed by atoms with Gasteiger partial charge >= 0.3 is 0 Å². The maximum absolute atomic E-state index is 13.4. The molecule has 0 aromatic carbocycles. The van der Waals surface area contributed by atoms with Crippen LogP contribution in [0.4, 0.5) is 0 Å². The van der Waals surface area contributed by atoms with E-state index in [0.717, 1.165) is 63.2 Å². The highest BCUT2D eigenvalue weighted by Crippen LogP contribution is 2.40. The summed E-state index contributed by atoms with van der Waals surface area (Å²) in [7, 11) is 0. The molecule has 1 N–H and O–H groups in total. The van der Waals surface area contributed by atoms with Gasteiger partial charge in [-0.3, -0.25) is 9.89 Å². The zero-order valence-corrected chi connectivity index (χ0v) is 17.3. The third-order valence-corrected chi connectivity index (χ3v) is 6.99. The lowest BCUT2D eigenvalue weighted by Gasteiger charge is -2.31. The van der Waals surface area contributed by atoms with Crippen molar-refractivity contribution >= 4 is 27.5 Å². The Morgan fingerprint density at radius 2 is 1.89 bits per heavy atom. The molecule has 1 saturated heterocycles. The predicted octanol–water partition coefficient (Wildman–Crippen LogP) is 3.63. The number of aryl methyl sites for hydroxylation is 3. The Balaban J connectivity index is 1.45. The molecule has 28 heavy (non-hydrogen) atoms. The molecule has 1 aliphatic heterocycles. The number of nitrogens with one attached hydrogen (secondary N) is 1. The summed E-state index contributed by atoms with van der Waals surface area (Å²) in [5, 5.41) is 8.28. The molecule has 0 unspecified atom stereocenters. The normalized spacial score (nSPS) is 20.1. The van der Waals surface area contributed by atoms with Crippen LogP contribution >= 0.6 is 11.3 Å². The lowest BCUT2D eigenvalue weighted by Crippen LogP contribution is -2.39. The highest BCUT2D eigenvalue weighted by Gasteiger charge is 2.31. The molecule has 3 aromatic heterocycles. The number of likely N-dealkylation sites (tertiary alicyclic amines) is 1. The van der Waals surface area contributed by atoms with Gasteiger partial charge in [0, 0.05) is 30.3 Å². The maximum Gasteiger partial charge on any atom is 0.264 e. The Bertz CT molecular complexity index is 1070. The number of aromatic nitrogens is 5. The molecule has 1 aliphatic carbocycles. The van der Waals surface area contributed by atoms with Gasteiger partial charge in [0.2, 0.25) is 0 Å². The number of piperidine rings is 1. The first-order chi connectivity index (χ1) is 13.5. The Morgan fingerprint density at radius 1 is 1.07 bits per heavy atom. The fraction of sp³-hybridized carbons (Fsp3) is 0.550. The highest BCUT2D eigenvalue weighted by atomic mass is 32.1. The molecule has 2 aliphatic rings. The molecule has 5 rings (SSSR count). The topological polar surface area (TPSA) is 87.7 Å². The van der Waals surface area contributed by atoms with E-state index in [4.69, 9.17) is 9.97 Å². The van der Waals surface area contributed by atoms with Gasteiger partial charge in [0.25, 0.3) is 5.91 Å². The number of hydrogen-bond acceptors (Lipinski definition) is 6. The lowest BCUT2D eigenvalue weighted by atomic mass is 9.97. The fourth-order valence-corrected chi connectivity index (χ4v) is 5.35. The molecule has 146 valence electrons. The van der Waals surface area contributed by atoms with Gasteiger partial charge < -0.3 is 4.90 Å². The minimum absolute atomic E-state index is 0.102. The van der Waals surface area contributed by atoms with Crippen molar-refractivity contribution in [3.8, 4) is 0 Å². The Labute approximate surface area is 167 Å². The molecular weight excluding hydrogens is 372 g/mol. The van der Waals surface area contributed by atoms with E-state index in [9.17, 15) is 4.79 Å². The second-order valence-electron chi connectivity index (χ2n) is 8.05. The number of fused-ring (bicyclic) bond motifs is 1. The fourth-order valence-electron chi connectivity index (χ4n) is 4.15. The number of nitrogens with zero attached hydrogens (tertiary/aromatic N) is 5. The van der Waals surface area contributed by atoms with Crippen LogP contribution in [-0.2, 0) is 0 Å². The van der Waals surface area contributed by atoms with E-state index >= 15 is 0 Å². The summed E-state index contributed by atoms with van der Waals surface area (Å²) in [6.45, 7) is 7.42. The van der Waals surface area contributed by atoms with Gasteiger partial charge in [-0.1, -0.05) is 0 Å². The third kappa shape index (κ3) is 2.99. The van der Waals surface area contributed by atoms with E-state index in [2.05, 4.69) is 15.2 Å². The third-order valence-electron chi connectivity index (χ3n) is 5.81. The first kappa shape index (κ1) is 17.7. The summed E-state index contributed by atoms with van der Waals surface area (Å²) < 4.78 is 0. The monoisotopic (exact) mass is 396 g/mol. The van der Waals surface area contributed by atoms with Gasteiger partial charge in [-0.2, -0.15) is 5.10 Å². The number of thiophene rings is 1. The van der Waals surface area contributed by atoms with Crippen molar-refractivity contribution in [2.75, 3.05) is 13.1 Å². The molecular formula is C20H24N6OS. The quantitative estimate of drug-likeness (QED) is 0.730. The Morgan fingerprint density at radius 3 is 2.61 bits per heavy atom. The van der Waals surface area contributed by atoms with Crippen molar-refractivity contribution in [2.24, 2.45) is 0 Å². The predicted molar refractivity (Wildman–Crippen MR) is 108 cm³/mol. The molecule has 2 fully saturated rings. The van der Waals surface area contributed by atoms with Crippen LogP contribution in [0.1, 0.15) is 75.9 Å². The van der Waals surface area contributed by atoms with Gasteiger partial charge in [0.05, 0.1) is 10.6 Å². The highest BCUT2D eigenvalue weighted by molar-refractivity contribution is 7.20. The molecule has 1 atom stereocenters. The van der Waals surface area contributed by atoms with Gasteiger partial charge in [-0.15, -0.1) is 11.3 Å². The van der Waals surface area contributed by atoms with Crippen molar-refractivity contribution < 1.29 is 4.79 Å². The van der Waals surface area contributed by atoms with Crippen LogP contribution in [0.5, 0.6) is 0 Å². The standard InChI is InChI=1S/C20H24N6OS/c1-10-15-11(2)21-17(13-6-7-13)23-19(15)28-16(10)20(27)26-8-4-5-14(9-26)18-22-12(3)24-25-18/h13-14H,4-9H2,1-3H3,(H,22,24,25)/t14-/m0/s1. The van der Waals surface area contributed by atoms with Gasteiger partial charge in [-0.05, 0) is 52.0 Å². The molecule has 0 spiro atoms. The van der Waals surface area contributed by atoms with Crippen molar-refractivity contribution in [2.45, 2.75) is 58.3 Å². The maximum atomic E-state index is 13.4. The molecule has 1 amide bonds. The Hall–Kier alpha value is -2.35. The summed E-state index contributed by atoms with van der Waals surface area (Å²) in [5.74, 6) is 3.39. The molecule has 3 aromatic rings. The van der Waals surface area contributed by atoms with Gasteiger partial charge in [0.15, 0.2) is 5.82 Å². The number of rotatable bonds is 3. The van der Waals surface area contributed by atoms with Crippen molar-refractivity contribution in [3.05, 3.63) is 33.6 Å². The van der Waals surface area contributed by atoms with Crippen molar-refractivity contribution in [3.63, 3.8) is 0 Å². The number of carbonyl (C=O) groups is 1. The number of carbonyl (C=O) groups excluding carboxylic acids is 1. The molecule has 7 nitrogen and oxygen atoms in total. The first-order valence-electron chi connectivity index (χ1n) is 9.97. The number of amides is 1. The molecule has 0 bridgehead atoms. The molecule has 1 saturated carbocycles. The zero-order chi connectivity index (χ0) is 19.4. The van der Waals surface area contributed by atoms with Crippen LogP contribution < -0.4 is 0 Å². The smallest absolute Gasteiger partial charge is 0.264 e. The van der Waals surface area contributed by atoms with E-state index in [1.54, 1.807) is 0 Å². The number of H-pyrrole nitrogens is 1. The van der Waals surface area contributed by atoms with E-state index in [1.165, 1.54) is 24.2 Å². The first-order valence-corrected chi connectivity index (χ1v) is 10.8. The SMILES string of the molecule is Cc1nc([C@H]2CCCN(C(=O)c3sc4nc(C5CC5)nc(C)c4c3C)C2)n[nH]1. The molecule has 0 radical (unpaired) electrons. The Kier molecular flexibility index (Phi) is 4.19. The molecule has 8 heteroatoms. The van der Waals surface area contributed by atoms with Gasteiger partial charge in [0.1, 0.15) is 16.5 Å². The van der Waals surface area contributed by atoms with E-state index in [-0.39, 0.29) is 11.8 Å². The largest absolute Gasteiger partial charge is 0.337 e. The average Bonchev–Trinajstić information content (AvgIpc) is 3.37. The summed E-state index contributed by atoms with van der Waals surface area (Å²) in [5.41, 5.74) is 2.01. The second-order valence-corrected chi connectivity index (χ2v) is 9.05. The van der Waals surface area contributed by atoms with Crippen LogP contribution in [0.25, 0.3) is 10.2 Å². The van der Waals surface area contributed by atoms with Gasteiger partial charge in [-0.25, -0.2) is 15.0 Å². The van der Waals surface area contributed by atoms with E-state index < -0.39 is 0 Å². The van der Waals surface area contributed by atoms with Crippen LogP contribution in [0.15, 0.2) is 0 Å². The minimum atomic E-state index is 0.102. The summed E-state index contributed by atoms with van der Waals surface area (Å²) in [6.07, 6.45) is 4.34. The van der Waals surface area contributed by atoms with Crippen LogP contribution in [-0.4, -0.2) is 49.0 Å². The van der Waals surface area contributed by atoms with Crippen LogP contribution in [0.3, 0.4) is 0 Å². The number of aromatic amines is 1. The van der Waals surface area contributed by atoms with Crippen LogP contribution in [0, 0.1) is 20.8 Å². The van der Waals surface area contributed by atoms with E-state index in [1.807, 2.05) is 25.7 Å². The summed E-state index contributed by atoms with van der Waals surface area (Å²) >= 11 is 1.52. The minimum Gasteiger partial charge on any atom is -0.337 e. The van der Waals surface area contributed by atoms with Crippen LogP contribution in [0.2, 0.25) is 0 Å². The average molecular weight is 397 g/mol. The zero-order valence-electron chi connectivity index (χ0n) is 16.4. The number of hydrogen-bond donors (Lipinski definition) is 1.